The first-order valence-corrected chi connectivity index (χ1v) is 9.38. The van der Waals surface area contributed by atoms with Crippen LogP contribution in [-0.4, -0.2) is 25.4 Å². The maximum Gasteiger partial charge on any atom is 0.227 e. The molecule has 0 bridgehead atoms. The molecule has 28 heavy (non-hydrogen) atoms. The van der Waals surface area contributed by atoms with Crippen LogP contribution < -0.4 is 9.47 Å². The maximum absolute atomic E-state index is 5.86. The van der Waals surface area contributed by atoms with Gasteiger partial charge in [0.05, 0.1) is 24.4 Å². The highest BCUT2D eigenvalue weighted by Crippen LogP contribution is 2.29. The van der Waals surface area contributed by atoms with Gasteiger partial charge in [0, 0.05) is 11.8 Å². The van der Waals surface area contributed by atoms with Crippen LogP contribution in [0.5, 0.6) is 11.5 Å². The van der Waals surface area contributed by atoms with Crippen molar-refractivity contribution in [1.82, 2.24) is 4.98 Å². The van der Waals surface area contributed by atoms with E-state index in [0.29, 0.717) is 5.89 Å². The van der Waals surface area contributed by atoms with E-state index in [-0.39, 0.29) is 0 Å². The lowest BCUT2D eigenvalue weighted by Crippen LogP contribution is -1.86. The summed E-state index contributed by atoms with van der Waals surface area (Å²) in [5.74, 6) is 2.15. The topological polar surface area (TPSA) is 56.9 Å². The predicted molar refractivity (Wildman–Crippen MR) is 114 cm³/mol. The number of aromatic nitrogens is 1. The van der Waals surface area contributed by atoms with E-state index >= 15 is 0 Å². The molecule has 0 radical (unpaired) electrons. The molecule has 0 aliphatic rings. The second-order valence-corrected chi connectivity index (χ2v) is 6.91. The Morgan fingerprint density at radius 1 is 0.964 bits per heavy atom. The molecule has 5 nitrogen and oxygen atoms in total. The SMILES string of the molecule is COc1ccc(-c2nc3cc(N=Cc4ccc(OC)c(Br)c4)ccc3o2)cc1. The summed E-state index contributed by atoms with van der Waals surface area (Å²) in [5, 5.41) is 0. The molecule has 0 saturated carbocycles. The number of rotatable bonds is 5. The molecule has 0 saturated heterocycles. The van der Waals surface area contributed by atoms with E-state index in [1.165, 1.54) is 0 Å². The van der Waals surface area contributed by atoms with E-state index in [4.69, 9.17) is 13.9 Å². The number of halogens is 1. The average Bonchev–Trinajstić information content (AvgIpc) is 3.16. The van der Waals surface area contributed by atoms with Crippen molar-refractivity contribution in [3.05, 3.63) is 70.7 Å². The second kappa shape index (κ2) is 7.86. The van der Waals surface area contributed by atoms with Gasteiger partial charge in [-0.2, -0.15) is 0 Å². The quantitative estimate of drug-likeness (QED) is 0.358. The molecule has 1 heterocycles. The van der Waals surface area contributed by atoms with Crippen LogP contribution in [-0.2, 0) is 0 Å². The predicted octanol–water partition coefficient (Wildman–Crippen LogP) is 6.03. The molecule has 140 valence electrons. The van der Waals surface area contributed by atoms with Crippen molar-refractivity contribution in [3.8, 4) is 23.0 Å². The summed E-state index contributed by atoms with van der Waals surface area (Å²) in [7, 11) is 3.28. The smallest absolute Gasteiger partial charge is 0.227 e. The Bertz CT molecular complexity index is 1150. The third-order valence-corrected chi connectivity index (χ3v) is 4.87. The van der Waals surface area contributed by atoms with Gasteiger partial charge in [-0.05, 0) is 82.2 Å². The molecule has 0 amide bonds. The first kappa shape index (κ1) is 18.3. The number of oxazole rings is 1. The Morgan fingerprint density at radius 2 is 1.79 bits per heavy atom. The Hall–Kier alpha value is -3.12. The third-order valence-electron chi connectivity index (χ3n) is 4.25. The van der Waals surface area contributed by atoms with Crippen LogP contribution in [0.25, 0.3) is 22.6 Å². The lowest BCUT2D eigenvalue weighted by Gasteiger charge is -2.03. The number of hydrogen-bond donors (Lipinski definition) is 0. The number of fused-ring (bicyclic) bond motifs is 1. The highest BCUT2D eigenvalue weighted by molar-refractivity contribution is 9.10. The lowest BCUT2D eigenvalue weighted by atomic mass is 10.2. The zero-order valence-electron chi connectivity index (χ0n) is 15.3. The lowest BCUT2D eigenvalue weighted by molar-refractivity contribution is 0.412. The van der Waals surface area contributed by atoms with Gasteiger partial charge in [0.1, 0.15) is 17.0 Å². The molecule has 4 rings (SSSR count). The molecular weight excluding hydrogens is 420 g/mol. The summed E-state index contributed by atoms with van der Waals surface area (Å²) in [6.07, 6.45) is 1.80. The van der Waals surface area contributed by atoms with Gasteiger partial charge in [-0.15, -0.1) is 0 Å². The van der Waals surface area contributed by atoms with Crippen LogP contribution in [0.2, 0.25) is 0 Å². The number of methoxy groups -OCH3 is 2. The largest absolute Gasteiger partial charge is 0.497 e. The van der Waals surface area contributed by atoms with Crippen molar-refractivity contribution >= 4 is 38.9 Å². The Morgan fingerprint density at radius 3 is 2.50 bits per heavy atom. The van der Waals surface area contributed by atoms with Crippen LogP contribution in [0, 0.1) is 0 Å². The van der Waals surface area contributed by atoms with Gasteiger partial charge < -0.3 is 13.9 Å². The van der Waals surface area contributed by atoms with Crippen molar-refractivity contribution in [2.24, 2.45) is 4.99 Å². The Labute approximate surface area is 170 Å². The number of benzene rings is 3. The van der Waals surface area contributed by atoms with E-state index in [0.717, 1.165) is 43.9 Å². The van der Waals surface area contributed by atoms with Crippen LogP contribution in [0.3, 0.4) is 0 Å². The highest BCUT2D eigenvalue weighted by atomic mass is 79.9. The van der Waals surface area contributed by atoms with Gasteiger partial charge in [-0.1, -0.05) is 0 Å². The van der Waals surface area contributed by atoms with Crippen molar-refractivity contribution in [1.29, 1.82) is 0 Å². The first-order chi connectivity index (χ1) is 13.7. The van der Waals surface area contributed by atoms with Crippen LogP contribution in [0.4, 0.5) is 5.69 Å². The van der Waals surface area contributed by atoms with Crippen molar-refractivity contribution in [2.75, 3.05) is 14.2 Å². The fourth-order valence-corrected chi connectivity index (χ4v) is 3.32. The maximum atomic E-state index is 5.86. The monoisotopic (exact) mass is 436 g/mol. The molecule has 1 aromatic heterocycles. The molecule has 0 aliphatic heterocycles. The molecule has 0 spiro atoms. The third kappa shape index (κ3) is 3.77. The van der Waals surface area contributed by atoms with Crippen molar-refractivity contribution in [3.63, 3.8) is 0 Å². The fraction of sp³-hybridized carbons (Fsp3) is 0.0909. The molecule has 6 heteroatoms. The molecular formula is C22H17BrN2O3. The Balaban J connectivity index is 1.59. The van der Waals surface area contributed by atoms with E-state index < -0.39 is 0 Å². The number of ether oxygens (including phenoxy) is 2. The summed E-state index contributed by atoms with van der Waals surface area (Å²) < 4.78 is 17.2. The van der Waals surface area contributed by atoms with Crippen molar-refractivity contribution in [2.45, 2.75) is 0 Å². The molecule has 0 N–H and O–H groups in total. The minimum atomic E-state index is 0.567. The van der Waals surface area contributed by atoms with E-state index in [9.17, 15) is 0 Å². The van der Waals surface area contributed by atoms with Gasteiger partial charge >= 0.3 is 0 Å². The second-order valence-electron chi connectivity index (χ2n) is 6.05. The minimum Gasteiger partial charge on any atom is -0.497 e. The summed E-state index contributed by atoms with van der Waals surface area (Å²) in [6, 6.07) is 19.1. The number of nitrogens with zero attached hydrogens (tertiary/aromatic N) is 2. The molecule has 3 aromatic carbocycles. The van der Waals surface area contributed by atoms with Gasteiger partial charge in [-0.3, -0.25) is 4.99 Å². The average molecular weight is 437 g/mol. The standard InChI is InChI=1S/C22H17BrN2O3/c1-26-17-7-4-15(5-8-17)22-25-19-12-16(6-10-21(19)28-22)24-13-14-3-9-20(27-2)18(23)11-14/h3-13H,1-2H3. The summed E-state index contributed by atoms with van der Waals surface area (Å²) in [5.41, 5.74) is 4.14. The van der Waals surface area contributed by atoms with Crippen molar-refractivity contribution < 1.29 is 13.9 Å². The molecule has 0 atom stereocenters. The normalized spacial score (nSPS) is 11.2. The molecule has 4 aromatic rings. The summed E-state index contributed by atoms with van der Waals surface area (Å²) >= 11 is 3.48. The van der Waals surface area contributed by atoms with E-state index in [1.54, 1.807) is 20.4 Å². The first-order valence-electron chi connectivity index (χ1n) is 8.59. The van der Waals surface area contributed by atoms with E-state index in [2.05, 4.69) is 25.9 Å². The van der Waals surface area contributed by atoms with Gasteiger partial charge in [0.2, 0.25) is 5.89 Å². The number of aliphatic imine (C=N–C) groups is 1. The van der Waals surface area contributed by atoms with Gasteiger partial charge in [-0.25, -0.2) is 4.98 Å². The van der Waals surface area contributed by atoms with Crippen LogP contribution >= 0.6 is 15.9 Å². The molecule has 0 aliphatic carbocycles. The minimum absolute atomic E-state index is 0.567. The van der Waals surface area contributed by atoms with Crippen LogP contribution in [0.1, 0.15) is 5.56 Å². The number of hydrogen-bond acceptors (Lipinski definition) is 5. The fourth-order valence-electron chi connectivity index (χ4n) is 2.77. The van der Waals surface area contributed by atoms with Gasteiger partial charge in [0.25, 0.3) is 0 Å². The van der Waals surface area contributed by atoms with Gasteiger partial charge in [0.15, 0.2) is 5.58 Å². The highest BCUT2D eigenvalue weighted by Gasteiger charge is 2.09. The van der Waals surface area contributed by atoms with Crippen LogP contribution in [0.15, 0.2) is 74.5 Å². The molecule has 0 unspecified atom stereocenters. The zero-order valence-corrected chi connectivity index (χ0v) is 16.9. The Kier molecular flexibility index (Phi) is 5.12. The summed E-state index contributed by atoms with van der Waals surface area (Å²) in [4.78, 5) is 9.13. The zero-order chi connectivity index (χ0) is 19.5. The summed E-state index contributed by atoms with van der Waals surface area (Å²) in [6.45, 7) is 0. The van der Waals surface area contributed by atoms with E-state index in [1.807, 2.05) is 60.7 Å². The molecule has 0 fully saturated rings.